The van der Waals surface area contributed by atoms with Gasteiger partial charge >= 0.3 is 0 Å². The topological polar surface area (TPSA) is 55.9 Å². The fourth-order valence-electron chi connectivity index (χ4n) is 2.74. The maximum absolute atomic E-state index is 6.28. The normalized spacial score (nSPS) is 12.8. The molecule has 0 aliphatic heterocycles. The van der Waals surface area contributed by atoms with Gasteiger partial charge in [-0.15, -0.1) is 0 Å². The van der Waals surface area contributed by atoms with Crippen LogP contribution in [0.15, 0.2) is 0 Å². The molecular weight excluding hydrogens is 284 g/mol. The van der Waals surface area contributed by atoms with Crippen LogP contribution in [0, 0.1) is 6.92 Å². The molecule has 0 aliphatic rings. The number of hydrogen-bond acceptors (Lipinski definition) is 3. The van der Waals surface area contributed by atoms with Crippen LogP contribution in [0.3, 0.4) is 0 Å². The monoisotopic (exact) mass is 314 g/mol. The standard InChI is InChI=1S/C16H31ClN4/c1-4-5-6-7-8-9-10-11-14(19-18)12-15-13(2)20-21(3)16(15)17/h14,19H,4-12,18H2,1-3H3. The highest BCUT2D eigenvalue weighted by Gasteiger charge is 2.16. The number of nitrogens with two attached hydrogens (primary N) is 1. The van der Waals surface area contributed by atoms with Crippen LogP contribution in [0.25, 0.3) is 0 Å². The average Bonchev–Trinajstić information content (AvgIpc) is 2.71. The highest BCUT2D eigenvalue weighted by atomic mass is 35.5. The van der Waals surface area contributed by atoms with Crippen LogP contribution in [-0.4, -0.2) is 15.8 Å². The summed E-state index contributed by atoms with van der Waals surface area (Å²) in [6, 6.07) is 0.279. The van der Waals surface area contributed by atoms with Crippen molar-refractivity contribution in [2.75, 3.05) is 0 Å². The zero-order valence-corrected chi connectivity index (χ0v) is 14.5. The van der Waals surface area contributed by atoms with E-state index >= 15 is 0 Å². The van der Waals surface area contributed by atoms with Crippen molar-refractivity contribution in [1.82, 2.24) is 15.2 Å². The van der Waals surface area contributed by atoms with Crippen LogP contribution in [-0.2, 0) is 13.5 Å². The number of halogens is 1. The Balaban J connectivity index is 2.29. The minimum atomic E-state index is 0.279. The van der Waals surface area contributed by atoms with Crippen LogP contribution in [0.4, 0.5) is 0 Å². The highest BCUT2D eigenvalue weighted by molar-refractivity contribution is 6.30. The first-order valence-corrected chi connectivity index (χ1v) is 8.62. The summed E-state index contributed by atoms with van der Waals surface area (Å²) in [4.78, 5) is 0. The molecule has 4 nitrogen and oxygen atoms in total. The molecule has 1 aromatic rings. The van der Waals surface area contributed by atoms with E-state index in [9.17, 15) is 0 Å². The van der Waals surface area contributed by atoms with E-state index in [0.29, 0.717) is 0 Å². The molecule has 5 heteroatoms. The van der Waals surface area contributed by atoms with Crippen molar-refractivity contribution in [2.45, 2.75) is 77.7 Å². The second-order valence-electron chi connectivity index (χ2n) is 5.96. The van der Waals surface area contributed by atoms with Crippen LogP contribution in [0.5, 0.6) is 0 Å². The number of hydrazine groups is 1. The van der Waals surface area contributed by atoms with Gasteiger partial charge in [0.2, 0.25) is 0 Å². The van der Waals surface area contributed by atoms with Crippen LogP contribution in [0.2, 0.25) is 5.15 Å². The zero-order chi connectivity index (χ0) is 15.7. The van der Waals surface area contributed by atoms with Crippen molar-refractivity contribution in [1.29, 1.82) is 0 Å². The van der Waals surface area contributed by atoms with E-state index in [2.05, 4.69) is 17.4 Å². The summed E-state index contributed by atoms with van der Waals surface area (Å²) in [5.41, 5.74) is 5.05. The van der Waals surface area contributed by atoms with Gasteiger partial charge in [-0.2, -0.15) is 5.10 Å². The van der Waals surface area contributed by atoms with Crippen LogP contribution >= 0.6 is 11.6 Å². The molecule has 0 aromatic carbocycles. The molecule has 21 heavy (non-hydrogen) atoms. The third-order valence-electron chi connectivity index (χ3n) is 4.11. The first-order chi connectivity index (χ1) is 10.1. The molecule has 0 spiro atoms. The maximum atomic E-state index is 6.28. The third-order valence-corrected chi connectivity index (χ3v) is 4.58. The fraction of sp³-hybridized carbons (Fsp3) is 0.812. The van der Waals surface area contributed by atoms with Crippen molar-refractivity contribution in [3.8, 4) is 0 Å². The van der Waals surface area contributed by atoms with Gasteiger partial charge in [-0.3, -0.25) is 16.0 Å². The van der Waals surface area contributed by atoms with Gasteiger partial charge in [0.1, 0.15) is 5.15 Å². The third kappa shape index (κ3) is 6.37. The minimum absolute atomic E-state index is 0.279. The Morgan fingerprint density at radius 2 is 1.81 bits per heavy atom. The zero-order valence-electron chi connectivity index (χ0n) is 13.8. The van der Waals surface area contributed by atoms with E-state index in [1.807, 2.05) is 14.0 Å². The lowest BCUT2D eigenvalue weighted by atomic mass is 10.0. The predicted octanol–water partition coefficient (Wildman–Crippen LogP) is 3.90. The summed E-state index contributed by atoms with van der Waals surface area (Å²) in [6.45, 7) is 4.26. The average molecular weight is 315 g/mol. The molecule has 1 atom stereocenters. The molecule has 0 saturated heterocycles. The van der Waals surface area contributed by atoms with Crippen molar-refractivity contribution in [3.05, 3.63) is 16.4 Å². The molecule has 1 heterocycles. The summed E-state index contributed by atoms with van der Waals surface area (Å²) < 4.78 is 1.73. The smallest absolute Gasteiger partial charge is 0.130 e. The number of hydrogen-bond donors (Lipinski definition) is 2. The maximum Gasteiger partial charge on any atom is 0.130 e. The van der Waals surface area contributed by atoms with E-state index in [4.69, 9.17) is 17.4 Å². The van der Waals surface area contributed by atoms with Gasteiger partial charge in [-0.05, 0) is 19.8 Å². The molecule has 0 amide bonds. The Morgan fingerprint density at radius 1 is 1.19 bits per heavy atom. The molecule has 0 saturated carbocycles. The lowest BCUT2D eigenvalue weighted by Crippen LogP contribution is -2.36. The summed E-state index contributed by atoms with van der Waals surface area (Å²) >= 11 is 6.28. The predicted molar refractivity (Wildman–Crippen MR) is 90.4 cm³/mol. The Hall–Kier alpha value is -0.580. The van der Waals surface area contributed by atoms with E-state index < -0.39 is 0 Å². The Bertz CT molecular complexity index is 403. The second-order valence-corrected chi connectivity index (χ2v) is 6.31. The van der Waals surface area contributed by atoms with Crippen molar-refractivity contribution in [3.63, 3.8) is 0 Å². The molecule has 0 aliphatic carbocycles. The summed E-state index contributed by atoms with van der Waals surface area (Å²) in [7, 11) is 1.88. The molecule has 1 unspecified atom stereocenters. The van der Waals surface area contributed by atoms with Crippen molar-refractivity contribution >= 4 is 11.6 Å². The van der Waals surface area contributed by atoms with Crippen LogP contribution in [0.1, 0.15) is 69.5 Å². The molecule has 3 N–H and O–H groups in total. The molecule has 0 radical (unpaired) electrons. The first kappa shape index (κ1) is 18.5. The van der Waals surface area contributed by atoms with Gasteiger partial charge in [0.05, 0.1) is 5.69 Å². The Labute approximate surface area is 134 Å². The number of nitrogens with one attached hydrogen (secondary N) is 1. The van der Waals surface area contributed by atoms with Crippen molar-refractivity contribution in [2.24, 2.45) is 12.9 Å². The SMILES string of the molecule is CCCCCCCCCC(Cc1c(C)nn(C)c1Cl)NN. The lowest BCUT2D eigenvalue weighted by molar-refractivity contribution is 0.458. The molecule has 0 fully saturated rings. The number of rotatable bonds is 11. The Morgan fingerprint density at radius 3 is 2.33 bits per heavy atom. The van der Waals surface area contributed by atoms with Crippen molar-refractivity contribution < 1.29 is 0 Å². The number of unbranched alkanes of at least 4 members (excludes halogenated alkanes) is 6. The summed E-state index contributed by atoms with van der Waals surface area (Å²) in [6.07, 6.45) is 11.2. The summed E-state index contributed by atoms with van der Waals surface area (Å²) in [5.74, 6) is 5.69. The number of aromatic nitrogens is 2. The van der Waals surface area contributed by atoms with Gasteiger partial charge in [0, 0.05) is 18.7 Å². The van der Waals surface area contributed by atoms with E-state index in [1.165, 1.54) is 44.9 Å². The number of aryl methyl sites for hydroxylation is 2. The minimum Gasteiger partial charge on any atom is -0.271 e. The second kappa shape index (κ2) is 10.2. The van der Waals surface area contributed by atoms with E-state index in [-0.39, 0.29) is 6.04 Å². The highest BCUT2D eigenvalue weighted by Crippen LogP contribution is 2.21. The van der Waals surface area contributed by atoms with Gasteiger partial charge < -0.3 is 0 Å². The molecule has 0 bridgehead atoms. The summed E-state index contributed by atoms with van der Waals surface area (Å²) in [5, 5.41) is 5.08. The first-order valence-electron chi connectivity index (χ1n) is 8.24. The molecule has 1 rings (SSSR count). The van der Waals surface area contributed by atoms with E-state index in [1.54, 1.807) is 4.68 Å². The van der Waals surface area contributed by atoms with Gasteiger partial charge in [-0.25, -0.2) is 0 Å². The van der Waals surface area contributed by atoms with Gasteiger partial charge in [-0.1, -0.05) is 63.5 Å². The molecule has 1 aromatic heterocycles. The van der Waals surface area contributed by atoms with Crippen LogP contribution < -0.4 is 11.3 Å². The molecule has 122 valence electrons. The molecular formula is C16H31ClN4. The van der Waals surface area contributed by atoms with E-state index in [0.717, 1.165) is 29.3 Å². The lowest BCUT2D eigenvalue weighted by Gasteiger charge is -2.15. The Kier molecular flexibility index (Phi) is 8.97. The quantitative estimate of drug-likeness (QED) is 0.370. The van der Waals surface area contributed by atoms with Gasteiger partial charge in [0.25, 0.3) is 0 Å². The van der Waals surface area contributed by atoms with Gasteiger partial charge in [0.15, 0.2) is 0 Å². The number of nitrogens with zero attached hydrogens (tertiary/aromatic N) is 2. The fourth-order valence-corrected chi connectivity index (χ4v) is 3.00. The largest absolute Gasteiger partial charge is 0.271 e.